The molecular weight excluding hydrogens is 525 g/mol. The summed E-state index contributed by atoms with van der Waals surface area (Å²) in [5.41, 5.74) is 3.07. The van der Waals surface area contributed by atoms with Crippen LogP contribution in [0.4, 0.5) is 5.69 Å². The number of hydrazone groups is 1. The highest BCUT2D eigenvalue weighted by Crippen LogP contribution is 2.30. The third-order valence-corrected chi connectivity index (χ3v) is 6.05. The summed E-state index contributed by atoms with van der Waals surface area (Å²) in [6, 6.07) is 21.6. The first-order chi connectivity index (χ1) is 17.3. The van der Waals surface area contributed by atoms with E-state index in [0.717, 1.165) is 5.39 Å². The molecule has 2 N–H and O–H groups in total. The van der Waals surface area contributed by atoms with Crippen LogP contribution in [0.2, 0.25) is 15.1 Å². The molecule has 2 amide bonds. The number of halogens is 3. The van der Waals surface area contributed by atoms with E-state index in [0.29, 0.717) is 21.5 Å². The Morgan fingerprint density at radius 1 is 0.806 bits per heavy atom. The van der Waals surface area contributed by atoms with Crippen molar-refractivity contribution in [3.05, 3.63) is 105 Å². The Kier molecular flexibility index (Phi) is 7.85. The van der Waals surface area contributed by atoms with Gasteiger partial charge in [0.05, 0.1) is 27.5 Å². The highest BCUT2D eigenvalue weighted by Gasteiger charge is 2.17. The number of nitrogens with one attached hydrogen (secondary N) is 2. The lowest BCUT2D eigenvalue weighted by Gasteiger charge is -2.11. The van der Waals surface area contributed by atoms with Crippen molar-refractivity contribution in [3.63, 3.8) is 0 Å². The van der Waals surface area contributed by atoms with Crippen molar-refractivity contribution in [3.8, 4) is 5.75 Å². The zero-order valence-corrected chi connectivity index (χ0v) is 20.6. The summed E-state index contributed by atoms with van der Waals surface area (Å²) in [4.78, 5) is 37.2. The fraction of sp³-hybridized carbons (Fsp3) is 0. The second-order valence-electron chi connectivity index (χ2n) is 7.35. The van der Waals surface area contributed by atoms with Gasteiger partial charge < -0.3 is 10.1 Å². The zero-order chi connectivity index (χ0) is 25.7. The van der Waals surface area contributed by atoms with Gasteiger partial charge >= 0.3 is 17.8 Å². The Balaban J connectivity index is 1.54. The molecule has 7 nitrogen and oxygen atoms in total. The van der Waals surface area contributed by atoms with Crippen molar-refractivity contribution in [1.82, 2.24) is 5.43 Å². The number of carbonyl (C=O) groups excluding carboxylic acids is 3. The van der Waals surface area contributed by atoms with Crippen LogP contribution in [-0.2, 0) is 9.59 Å². The highest BCUT2D eigenvalue weighted by atomic mass is 35.5. The number of anilines is 1. The van der Waals surface area contributed by atoms with E-state index < -0.39 is 17.8 Å². The predicted octanol–water partition coefficient (Wildman–Crippen LogP) is 6.11. The molecule has 0 radical (unpaired) electrons. The molecule has 0 spiro atoms. The van der Waals surface area contributed by atoms with Crippen LogP contribution in [0.1, 0.15) is 15.9 Å². The number of esters is 1. The van der Waals surface area contributed by atoms with Gasteiger partial charge in [0.1, 0.15) is 5.75 Å². The van der Waals surface area contributed by atoms with Gasteiger partial charge in [-0.15, -0.1) is 0 Å². The van der Waals surface area contributed by atoms with E-state index in [9.17, 15) is 14.4 Å². The van der Waals surface area contributed by atoms with Crippen LogP contribution in [0.3, 0.4) is 0 Å². The lowest BCUT2D eigenvalue weighted by molar-refractivity contribution is -0.136. The van der Waals surface area contributed by atoms with Crippen LogP contribution in [0.5, 0.6) is 5.75 Å². The highest BCUT2D eigenvalue weighted by molar-refractivity contribution is 6.45. The molecule has 0 aliphatic rings. The lowest BCUT2D eigenvalue weighted by atomic mass is 10.0. The van der Waals surface area contributed by atoms with Crippen LogP contribution in [0.25, 0.3) is 10.8 Å². The Hall–Kier alpha value is -3.91. The van der Waals surface area contributed by atoms with E-state index in [1.54, 1.807) is 48.5 Å². The Labute approximate surface area is 220 Å². The van der Waals surface area contributed by atoms with Gasteiger partial charge in [0.2, 0.25) is 0 Å². The summed E-state index contributed by atoms with van der Waals surface area (Å²) >= 11 is 17.8. The average molecular weight is 541 g/mol. The number of carbonyl (C=O) groups is 3. The van der Waals surface area contributed by atoms with Crippen LogP contribution in [-0.4, -0.2) is 24.0 Å². The first kappa shape index (κ1) is 25.2. The monoisotopic (exact) mass is 539 g/mol. The van der Waals surface area contributed by atoms with E-state index in [1.165, 1.54) is 12.3 Å². The fourth-order valence-electron chi connectivity index (χ4n) is 3.23. The molecule has 0 unspecified atom stereocenters. The minimum absolute atomic E-state index is 0.103. The molecule has 10 heteroatoms. The molecule has 180 valence electrons. The Morgan fingerprint density at radius 2 is 1.56 bits per heavy atom. The third kappa shape index (κ3) is 5.83. The maximum absolute atomic E-state index is 12.7. The van der Waals surface area contributed by atoms with Gasteiger partial charge in [-0.3, -0.25) is 9.59 Å². The number of benzene rings is 4. The maximum Gasteiger partial charge on any atom is 0.343 e. The first-order valence-electron chi connectivity index (χ1n) is 10.4. The molecule has 0 bridgehead atoms. The molecule has 0 aliphatic heterocycles. The number of ether oxygens (including phenoxy) is 1. The van der Waals surface area contributed by atoms with Crippen molar-refractivity contribution in [1.29, 1.82) is 0 Å². The van der Waals surface area contributed by atoms with Crippen LogP contribution < -0.4 is 15.5 Å². The molecule has 0 aromatic heterocycles. The second kappa shape index (κ2) is 11.2. The second-order valence-corrected chi connectivity index (χ2v) is 8.57. The predicted molar refractivity (Wildman–Crippen MR) is 141 cm³/mol. The van der Waals surface area contributed by atoms with Crippen molar-refractivity contribution >= 4 is 75.3 Å². The van der Waals surface area contributed by atoms with Gasteiger partial charge in [-0.05, 0) is 53.2 Å². The van der Waals surface area contributed by atoms with Crippen molar-refractivity contribution < 1.29 is 19.1 Å². The van der Waals surface area contributed by atoms with Crippen molar-refractivity contribution in [2.24, 2.45) is 5.10 Å². The SMILES string of the molecule is O=C(N/N=C\c1c(OC(=O)c2ccc(Cl)cc2)ccc2ccccc12)C(=O)Nc1cccc(Cl)c1Cl. The standard InChI is InChI=1S/C26H16Cl3N3O4/c27-17-11-8-16(9-12-17)26(35)36-22-13-10-15-4-1-2-5-18(15)19(22)14-30-32-25(34)24(33)31-21-7-3-6-20(28)23(21)29/h1-14H,(H,31,33)(H,32,34)/b30-14-. The number of rotatable bonds is 5. The van der Waals surface area contributed by atoms with Crippen molar-refractivity contribution in [2.45, 2.75) is 0 Å². The smallest absolute Gasteiger partial charge is 0.343 e. The quantitative estimate of drug-likeness (QED) is 0.105. The van der Waals surface area contributed by atoms with Crippen LogP contribution >= 0.6 is 34.8 Å². The molecule has 4 rings (SSSR count). The van der Waals surface area contributed by atoms with Gasteiger partial charge in [-0.2, -0.15) is 5.10 Å². The van der Waals surface area contributed by atoms with E-state index >= 15 is 0 Å². The number of hydrogen-bond donors (Lipinski definition) is 2. The lowest BCUT2D eigenvalue weighted by Crippen LogP contribution is -2.32. The van der Waals surface area contributed by atoms with Gasteiger partial charge in [0.25, 0.3) is 0 Å². The van der Waals surface area contributed by atoms with Gasteiger partial charge in [-0.25, -0.2) is 10.2 Å². The van der Waals surface area contributed by atoms with E-state index in [1.807, 2.05) is 24.3 Å². The maximum atomic E-state index is 12.7. The molecule has 36 heavy (non-hydrogen) atoms. The number of hydrogen-bond acceptors (Lipinski definition) is 5. The van der Waals surface area contributed by atoms with Crippen LogP contribution in [0, 0.1) is 0 Å². The summed E-state index contributed by atoms with van der Waals surface area (Å²) in [5, 5.41) is 8.65. The molecule has 4 aromatic carbocycles. The third-order valence-electron chi connectivity index (χ3n) is 4.98. The number of fused-ring (bicyclic) bond motifs is 1. The minimum Gasteiger partial charge on any atom is -0.422 e. The molecule has 0 atom stereocenters. The van der Waals surface area contributed by atoms with E-state index in [-0.39, 0.29) is 21.5 Å². The first-order valence-corrected chi connectivity index (χ1v) is 11.5. The summed E-state index contributed by atoms with van der Waals surface area (Å²) in [6.45, 7) is 0. The topological polar surface area (TPSA) is 96.9 Å². The largest absolute Gasteiger partial charge is 0.422 e. The molecule has 0 saturated carbocycles. The van der Waals surface area contributed by atoms with E-state index in [4.69, 9.17) is 39.5 Å². The summed E-state index contributed by atoms with van der Waals surface area (Å²) < 4.78 is 5.60. The Bertz CT molecular complexity index is 1500. The average Bonchev–Trinajstić information content (AvgIpc) is 2.88. The molecule has 4 aromatic rings. The van der Waals surface area contributed by atoms with Gasteiger partial charge in [0.15, 0.2) is 0 Å². The molecule has 0 heterocycles. The normalized spacial score (nSPS) is 10.9. The van der Waals surface area contributed by atoms with Gasteiger partial charge in [0, 0.05) is 10.6 Å². The summed E-state index contributed by atoms with van der Waals surface area (Å²) in [5.74, 6) is -2.42. The van der Waals surface area contributed by atoms with Gasteiger partial charge in [-0.1, -0.05) is 71.2 Å². The van der Waals surface area contributed by atoms with Crippen LogP contribution in [0.15, 0.2) is 84.0 Å². The molecule has 0 saturated heterocycles. The number of nitrogens with zero attached hydrogens (tertiary/aromatic N) is 1. The summed E-state index contributed by atoms with van der Waals surface area (Å²) in [6.07, 6.45) is 1.30. The number of amides is 2. The molecular formula is C26H16Cl3N3O4. The molecule has 0 fully saturated rings. The zero-order valence-electron chi connectivity index (χ0n) is 18.3. The fourth-order valence-corrected chi connectivity index (χ4v) is 3.70. The minimum atomic E-state index is -1.04. The Morgan fingerprint density at radius 3 is 2.33 bits per heavy atom. The summed E-state index contributed by atoms with van der Waals surface area (Å²) in [7, 11) is 0. The molecule has 0 aliphatic carbocycles. The van der Waals surface area contributed by atoms with E-state index in [2.05, 4.69) is 15.8 Å². The van der Waals surface area contributed by atoms with Crippen molar-refractivity contribution in [2.75, 3.05) is 5.32 Å².